The normalized spacial score (nSPS) is 21.2. The molecule has 2 aromatic heterocycles. The van der Waals surface area contributed by atoms with Gasteiger partial charge in [-0.25, -0.2) is 4.98 Å². The van der Waals surface area contributed by atoms with Gasteiger partial charge in [0.05, 0.1) is 6.04 Å². The number of piperidine rings is 1. The van der Waals surface area contributed by atoms with E-state index in [2.05, 4.69) is 15.3 Å². The summed E-state index contributed by atoms with van der Waals surface area (Å²) in [5.41, 5.74) is 0.399. The fraction of sp³-hybridized carbons (Fsp3) is 0.474. The molecule has 2 aliphatic rings. The fourth-order valence-corrected chi connectivity index (χ4v) is 4.33. The highest BCUT2D eigenvalue weighted by atomic mass is 32.1. The molecule has 0 aromatic carbocycles. The Morgan fingerprint density at radius 3 is 2.77 bits per heavy atom. The van der Waals surface area contributed by atoms with Gasteiger partial charge in [-0.05, 0) is 37.8 Å². The summed E-state index contributed by atoms with van der Waals surface area (Å²) in [6, 6.07) is 5.10. The third-order valence-electron chi connectivity index (χ3n) is 5.07. The van der Waals surface area contributed by atoms with Gasteiger partial charge in [0.25, 0.3) is 5.91 Å². The highest BCUT2D eigenvalue weighted by Gasteiger charge is 2.38. The lowest BCUT2D eigenvalue weighted by Gasteiger charge is -2.36. The molecule has 2 aromatic rings. The Morgan fingerprint density at radius 1 is 1.19 bits per heavy atom. The Morgan fingerprint density at radius 2 is 2.08 bits per heavy atom. The van der Waals surface area contributed by atoms with Crippen LogP contribution in [0.1, 0.15) is 47.2 Å². The van der Waals surface area contributed by atoms with Gasteiger partial charge in [-0.2, -0.15) is 0 Å². The van der Waals surface area contributed by atoms with Crippen molar-refractivity contribution in [2.45, 2.75) is 31.7 Å². The number of likely N-dealkylation sites (tertiary alicyclic amines) is 1. The molecule has 2 fully saturated rings. The molecule has 1 N–H and O–H groups in total. The molecule has 0 spiro atoms. The predicted octanol–water partition coefficient (Wildman–Crippen LogP) is 2.66. The molecule has 1 saturated carbocycles. The third kappa shape index (κ3) is 3.77. The van der Waals surface area contributed by atoms with Crippen molar-refractivity contribution in [3.05, 3.63) is 46.7 Å². The number of nitrogens with zero attached hydrogens (tertiary/aromatic N) is 3. The first-order chi connectivity index (χ1) is 12.7. The number of thiazole rings is 1. The van der Waals surface area contributed by atoms with E-state index in [4.69, 9.17) is 0 Å². The maximum absolute atomic E-state index is 12.6. The Bertz CT molecular complexity index is 761. The number of hydrogen-bond acceptors (Lipinski definition) is 5. The smallest absolute Gasteiger partial charge is 0.270 e. The van der Waals surface area contributed by atoms with E-state index >= 15 is 0 Å². The van der Waals surface area contributed by atoms with Crippen LogP contribution < -0.4 is 5.32 Å². The average Bonchev–Trinajstić information content (AvgIpc) is 3.41. The number of aromatic nitrogens is 2. The van der Waals surface area contributed by atoms with Gasteiger partial charge in [0.1, 0.15) is 10.7 Å². The number of carbonyl (C=O) groups excluding carboxylic acids is 2. The van der Waals surface area contributed by atoms with E-state index in [1.54, 1.807) is 41.9 Å². The second-order valence-corrected chi connectivity index (χ2v) is 7.92. The zero-order valence-electron chi connectivity index (χ0n) is 14.5. The minimum absolute atomic E-state index is 0.172. The molecule has 26 heavy (non-hydrogen) atoms. The molecule has 1 aliphatic carbocycles. The van der Waals surface area contributed by atoms with Crippen molar-refractivity contribution in [3.63, 3.8) is 0 Å². The van der Waals surface area contributed by atoms with Crippen molar-refractivity contribution >= 4 is 23.2 Å². The van der Waals surface area contributed by atoms with Crippen LogP contribution in [0.3, 0.4) is 0 Å². The summed E-state index contributed by atoms with van der Waals surface area (Å²) in [7, 11) is 0. The number of rotatable bonds is 5. The lowest BCUT2D eigenvalue weighted by molar-refractivity contribution is -0.134. The quantitative estimate of drug-likeness (QED) is 0.878. The molecular formula is C19H22N4O2S. The van der Waals surface area contributed by atoms with Crippen LogP contribution in [-0.2, 0) is 4.79 Å². The molecule has 1 aliphatic heterocycles. The van der Waals surface area contributed by atoms with E-state index in [0.717, 1.165) is 37.2 Å². The van der Waals surface area contributed by atoms with Crippen LogP contribution in [0.4, 0.5) is 0 Å². The lowest BCUT2D eigenvalue weighted by Crippen LogP contribution is -2.45. The van der Waals surface area contributed by atoms with Crippen LogP contribution in [-0.4, -0.2) is 39.8 Å². The summed E-state index contributed by atoms with van der Waals surface area (Å²) in [5, 5.41) is 5.93. The van der Waals surface area contributed by atoms with Gasteiger partial charge in [-0.15, -0.1) is 11.3 Å². The number of amides is 2. The highest BCUT2D eigenvalue weighted by molar-refractivity contribution is 7.09. The summed E-state index contributed by atoms with van der Waals surface area (Å²) in [6.07, 6.45) is 7.35. The van der Waals surface area contributed by atoms with Crippen LogP contribution in [0.5, 0.6) is 0 Å². The topological polar surface area (TPSA) is 75.2 Å². The first kappa shape index (κ1) is 17.1. The first-order valence-electron chi connectivity index (χ1n) is 9.12. The van der Waals surface area contributed by atoms with Crippen LogP contribution in [0.15, 0.2) is 36.0 Å². The Labute approximate surface area is 156 Å². The molecule has 136 valence electrons. The zero-order valence-corrected chi connectivity index (χ0v) is 15.3. The first-order valence-corrected chi connectivity index (χ1v) is 10.0. The van der Waals surface area contributed by atoms with Crippen molar-refractivity contribution < 1.29 is 9.59 Å². The van der Waals surface area contributed by atoms with Gasteiger partial charge < -0.3 is 10.2 Å². The van der Waals surface area contributed by atoms with Crippen molar-refractivity contribution in [1.82, 2.24) is 20.2 Å². The maximum atomic E-state index is 12.6. The molecule has 1 saturated heterocycles. The van der Waals surface area contributed by atoms with Gasteiger partial charge in [0.2, 0.25) is 5.91 Å². The lowest BCUT2D eigenvalue weighted by atomic mass is 9.90. The SMILES string of the molecule is O=C(NC(c1nccs1)C1CCCN(C(=O)C2CC2)C1)c1ccccn1. The molecule has 2 atom stereocenters. The predicted molar refractivity (Wildman–Crippen MR) is 98.6 cm³/mol. The fourth-order valence-electron chi connectivity index (χ4n) is 3.55. The van der Waals surface area contributed by atoms with Crippen molar-refractivity contribution in [2.24, 2.45) is 11.8 Å². The number of carbonyl (C=O) groups is 2. The van der Waals surface area contributed by atoms with E-state index in [1.807, 2.05) is 10.3 Å². The number of nitrogens with one attached hydrogen (secondary N) is 1. The third-order valence-corrected chi connectivity index (χ3v) is 5.93. The van der Waals surface area contributed by atoms with E-state index in [9.17, 15) is 9.59 Å². The minimum Gasteiger partial charge on any atom is -0.342 e. The monoisotopic (exact) mass is 370 g/mol. The molecule has 7 heteroatoms. The van der Waals surface area contributed by atoms with Gasteiger partial charge in [0, 0.05) is 42.7 Å². The molecule has 2 amide bonds. The zero-order chi connectivity index (χ0) is 17.9. The summed E-state index contributed by atoms with van der Waals surface area (Å²) in [6.45, 7) is 1.51. The summed E-state index contributed by atoms with van der Waals surface area (Å²) in [5.74, 6) is 0.487. The molecule has 6 nitrogen and oxygen atoms in total. The van der Waals surface area contributed by atoms with Crippen LogP contribution >= 0.6 is 11.3 Å². The Hall–Kier alpha value is -2.28. The van der Waals surface area contributed by atoms with Crippen LogP contribution in [0.2, 0.25) is 0 Å². The van der Waals surface area contributed by atoms with Gasteiger partial charge in [0.15, 0.2) is 0 Å². The standard InChI is InChI=1S/C19H22N4O2S/c24-17(15-5-1-2-8-20-15)22-16(18-21-9-11-26-18)14-4-3-10-23(12-14)19(25)13-6-7-13/h1-2,5,8-9,11,13-14,16H,3-4,6-7,10,12H2,(H,22,24). The Kier molecular flexibility index (Phi) is 4.97. The second-order valence-electron chi connectivity index (χ2n) is 7.00. The molecular weight excluding hydrogens is 348 g/mol. The molecule has 0 radical (unpaired) electrons. The maximum Gasteiger partial charge on any atom is 0.270 e. The summed E-state index contributed by atoms with van der Waals surface area (Å²) >= 11 is 1.54. The van der Waals surface area contributed by atoms with Gasteiger partial charge >= 0.3 is 0 Å². The van der Waals surface area contributed by atoms with E-state index in [-0.39, 0.29) is 29.7 Å². The second kappa shape index (κ2) is 7.53. The Balaban J connectivity index is 1.51. The molecule has 3 heterocycles. The molecule has 4 rings (SSSR count). The largest absolute Gasteiger partial charge is 0.342 e. The molecule has 0 bridgehead atoms. The summed E-state index contributed by atoms with van der Waals surface area (Å²) < 4.78 is 0. The van der Waals surface area contributed by atoms with E-state index in [1.165, 1.54) is 0 Å². The van der Waals surface area contributed by atoms with Gasteiger partial charge in [-0.3, -0.25) is 14.6 Å². The van der Waals surface area contributed by atoms with Crippen molar-refractivity contribution in [3.8, 4) is 0 Å². The van der Waals surface area contributed by atoms with E-state index in [0.29, 0.717) is 12.2 Å². The van der Waals surface area contributed by atoms with Gasteiger partial charge in [-0.1, -0.05) is 6.07 Å². The average molecular weight is 370 g/mol. The highest BCUT2D eigenvalue weighted by Crippen LogP contribution is 2.35. The molecule has 2 unspecified atom stereocenters. The van der Waals surface area contributed by atoms with E-state index < -0.39 is 0 Å². The van der Waals surface area contributed by atoms with Crippen molar-refractivity contribution in [2.75, 3.05) is 13.1 Å². The number of hydrogen-bond donors (Lipinski definition) is 1. The minimum atomic E-state index is -0.198. The van der Waals surface area contributed by atoms with Crippen LogP contribution in [0.25, 0.3) is 0 Å². The van der Waals surface area contributed by atoms with Crippen LogP contribution in [0, 0.1) is 11.8 Å². The van der Waals surface area contributed by atoms with Crippen molar-refractivity contribution in [1.29, 1.82) is 0 Å². The summed E-state index contributed by atoms with van der Waals surface area (Å²) in [4.78, 5) is 35.7. The number of pyridine rings is 1.